The number of rotatable bonds is 1. The van der Waals surface area contributed by atoms with Crippen LogP contribution in [0.1, 0.15) is 6.42 Å². The van der Waals surface area contributed by atoms with Gasteiger partial charge in [-0.05, 0) is 36.8 Å². The van der Waals surface area contributed by atoms with Crippen molar-refractivity contribution in [3.05, 3.63) is 42.5 Å². The van der Waals surface area contributed by atoms with Gasteiger partial charge in [-0.3, -0.25) is 5.10 Å². The minimum Gasteiger partial charge on any atom is -0.494 e. The van der Waals surface area contributed by atoms with Crippen LogP contribution in [0, 0.1) is 0 Å². The minimum absolute atomic E-state index is 0.228. The van der Waals surface area contributed by atoms with Crippen molar-refractivity contribution in [2.45, 2.75) is 12.5 Å². The van der Waals surface area contributed by atoms with Crippen LogP contribution in [0.2, 0.25) is 0 Å². The smallest absolute Gasteiger partial charge is 0.120 e. The van der Waals surface area contributed by atoms with Crippen LogP contribution in [0.25, 0.3) is 22.2 Å². The second-order valence-corrected chi connectivity index (χ2v) is 6.10. The Hall–Kier alpha value is -2.60. The van der Waals surface area contributed by atoms with E-state index >= 15 is 0 Å². The molecule has 2 N–H and O–H groups in total. The monoisotopic (exact) mass is 341 g/mol. The molecule has 5 nitrogen and oxygen atoms in total. The van der Waals surface area contributed by atoms with Gasteiger partial charge in [0, 0.05) is 23.5 Å². The molecule has 1 aliphatic rings. The first kappa shape index (κ1) is 15.9. The van der Waals surface area contributed by atoms with E-state index < -0.39 is 6.67 Å². The summed E-state index contributed by atoms with van der Waals surface area (Å²) in [6.45, 7) is 1.09. The van der Waals surface area contributed by atoms with Gasteiger partial charge in [-0.1, -0.05) is 12.1 Å². The summed E-state index contributed by atoms with van der Waals surface area (Å²) in [5.41, 5.74) is 2.78. The summed E-state index contributed by atoms with van der Waals surface area (Å²) in [5.74, 6) is 1.53. The summed E-state index contributed by atoms with van der Waals surface area (Å²) < 4.78 is 24.7. The summed E-state index contributed by atoms with van der Waals surface area (Å²) in [7, 11) is 0. The molecule has 130 valence electrons. The molecule has 0 saturated heterocycles. The summed E-state index contributed by atoms with van der Waals surface area (Å²) in [6.07, 6.45) is 0.598. The van der Waals surface area contributed by atoms with E-state index in [0.29, 0.717) is 26.2 Å². The Labute approximate surface area is 145 Å². The van der Waals surface area contributed by atoms with Crippen molar-refractivity contribution in [3.63, 3.8) is 0 Å². The van der Waals surface area contributed by atoms with Gasteiger partial charge in [-0.2, -0.15) is 5.10 Å². The van der Waals surface area contributed by atoms with Gasteiger partial charge < -0.3 is 14.8 Å². The number of benzene rings is 2. The summed E-state index contributed by atoms with van der Waals surface area (Å²) >= 11 is 0. The number of H-pyrrole nitrogens is 1. The lowest BCUT2D eigenvalue weighted by atomic mass is 10.1. The Morgan fingerprint density at radius 2 is 1.96 bits per heavy atom. The normalized spacial score (nSPS) is 18.2. The molecule has 25 heavy (non-hydrogen) atoms. The minimum atomic E-state index is -0.427. The second-order valence-electron chi connectivity index (χ2n) is 6.10. The van der Waals surface area contributed by atoms with E-state index in [9.17, 15) is 4.39 Å². The predicted molar refractivity (Wildman–Crippen MR) is 94.9 cm³/mol. The van der Waals surface area contributed by atoms with Crippen molar-refractivity contribution in [1.29, 1.82) is 0 Å². The van der Waals surface area contributed by atoms with Crippen molar-refractivity contribution in [2.75, 3.05) is 26.4 Å². The Bertz CT molecular complexity index is 865. The zero-order valence-corrected chi connectivity index (χ0v) is 13.8. The number of hydrogen-bond donors (Lipinski definition) is 2. The first-order chi connectivity index (χ1) is 12.3. The molecule has 2 aromatic carbocycles. The Morgan fingerprint density at radius 3 is 2.88 bits per heavy atom. The zero-order valence-electron chi connectivity index (χ0n) is 13.8. The quantitative estimate of drug-likeness (QED) is 0.713. The van der Waals surface area contributed by atoms with Crippen LogP contribution in [-0.4, -0.2) is 42.7 Å². The Balaban J connectivity index is 1.73. The van der Waals surface area contributed by atoms with Crippen molar-refractivity contribution < 1.29 is 13.9 Å². The van der Waals surface area contributed by atoms with Gasteiger partial charge in [0.1, 0.15) is 30.5 Å². The molecule has 0 aliphatic carbocycles. The lowest BCUT2D eigenvalue weighted by Crippen LogP contribution is -2.35. The van der Waals surface area contributed by atoms with Gasteiger partial charge in [0.15, 0.2) is 0 Å². The molecule has 1 unspecified atom stereocenters. The molecule has 1 atom stereocenters. The van der Waals surface area contributed by atoms with E-state index in [2.05, 4.69) is 15.5 Å². The van der Waals surface area contributed by atoms with Crippen LogP contribution in [0.5, 0.6) is 11.5 Å². The molecule has 6 heteroatoms. The topological polar surface area (TPSA) is 59.2 Å². The maximum atomic E-state index is 13.1. The molecule has 1 aromatic heterocycles. The number of ether oxygens (including phenoxy) is 2. The molecule has 1 aliphatic heterocycles. The molecule has 2 heterocycles. The number of hydrogen-bond acceptors (Lipinski definition) is 4. The standard InChI is InChI=1S/C19H20FN3O2/c20-12-14-6-8-24-16-4-5-18-17(11-16)19(23-22-18)13-2-1-3-15(10-13)25-9-7-21-14/h1-5,10-11,14,21H,6-9,12H2,(H,22,23). The third-order valence-corrected chi connectivity index (χ3v) is 4.37. The third kappa shape index (κ3) is 3.44. The van der Waals surface area contributed by atoms with Crippen LogP contribution in [-0.2, 0) is 0 Å². The fourth-order valence-electron chi connectivity index (χ4n) is 3.02. The molecule has 0 saturated carbocycles. The number of fused-ring (bicyclic) bond motifs is 4. The van der Waals surface area contributed by atoms with Crippen molar-refractivity contribution in [2.24, 2.45) is 0 Å². The molecule has 0 radical (unpaired) electrons. The van der Waals surface area contributed by atoms with E-state index in [-0.39, 0.29) is 6.04 Å². The third-order valence-electron chi connectivity index (χ3n) is 4.37. The first-order valence-corrected chi connectivity index (χ1v) is 8.47. The number of aromatic nitrogens is 2. The summed E-state index contributed by atoms with van der Waals surface area (Å²) in [6, 6.07) is 13.4. The molecule has 0 fully saturated rings. The van der Waals surface area contributed by atoms with Crippen LogP contribution >= 0.6 is 0 Å². The van der Waals surface area contributed by atoms with Crippen LogP contribution in [0.15, 0.2) is 42.5 Å². The van der Waals surface area contributed by atoms with Crippen LogP contribution < -0.4 is 14.8 Å². The summed E-state index contributed by atoms with van der Waals surface area (Å²) in [4.78, 5) is 0. The first-order valence-electron chi connectivity index (χ1n) is 8.47. The zero-order chi connectivity index (χ0) is 17.1. The molecule has 0 spiro atoms. The number of halogens is 1. The molecular formula is C19H20FN3O2. The average Bonchev–Trinajstić information content (AvgIpc) is 3.06. The molecule has 3 aromatic rings. The predicted octanol–water partition coefficient (Wildman–Crippen LogP) is 3.32. The van der Waals surface area contributed by atoms with Gasteiger partial charge in [0.25, 0.3) is 0 Å². The van der Waals surface area contributed by atoms with Gasteiger partial charge >= 0.3 is 0 Å². The van der Waals surface area contributed by atoms with Crippen LogP contribution in [0.4, 0.5) is 4.39 Å². The molecule has 4 bridgehead atoms. The lowest BCUT2D eigenvalue weighted by Gasteiger charge is -2.16. The maximum absolute atomic E-state index is 13.1. The van der Waals surface area contributed by atoms with Crippen LogP contribution in [0.3, 0.4) is 0 Å². The highest BCUT2D eigenvalue weighted by Crippen LogP contribution is 2.31. The van der Waals surface area contributed by atoms with Crippen molar-refractivity contribution in [1.82, 2.24) is 15.5 Å². The van der Waals surface area contributed by atoms with E-state index in [0.717, 1.165) is 33.7 Å². The van der Waals surface area contributed by atoms with E-state index in [1.807, 2.05) is 42.5 Å². The van der Waals surface area contributed by atoms with Gasteiger partial charge in [-0.15, -0.1) is 0 Å². The number of nitrogens with zero attached hydrogens (tertiary/aromatic N) is 1. The van der Waals surface area contributed by atoms with E-state index in [1.54, 1.807) is 0 Å². The fraction of sp³-hybridized carbons (Fsp3) is 0.316. The van der Waals surface area contributed by atoms with E-state index in [4.69, 9.17) is 9.47 Å². The highest BCUT2D eigenvalue weighted by molar-refractivity contribution is 5.93. The number of nitrogens with one attached hydrogen (secondary N) is 2. The largest absolute Gasteiger partial charge is 0.494 e. The average molecular weight is 341 g/mol. The number of alkyl halides is 1. The highest BCUT2D eigenvalue weighted by Gasteiger charge is 2.12. The van der Waals surface area contributed by atoms with Gasteiger partial charge in [0.05, 0.1) is 12.1 Å². The second kappa shape index (κ2) is 7.11. The van der Waals surface area contributed by atoms with Gasteiger partial charge in [0.2, 0.25) is 0 Å². The Kier molecular flexibility index (Phi) is 4.52. The van der Waals surface area contributed by atoms with Crippen molar-refractivity contribution >= 4 is 10.9 Å². The molecule has 4 rings (SSSR count). The SMILES string of the molecule is FCC1CCOc2ccc3[nH]nc(c3c2)-c2cccc(c2)OCCN1. The lowest BCUT2D eigenvalue weighted by molar-refractivity contribution is 0.250. The molecule has 0 amide bonds. The van der Waals surface area contributed by atoms with Gasteiger partial charge in [-0.25, -0.2) is 4.39 Å². The highest BCUT2D eigenvalue weighted by atomic mass is 19.1. The summed E-state index contributed by atoms with van der Waals surface area (Å²) in [5, 5.41) is 11.7. The Morgan fingerprint density at radius 1 is 1.08 bits per heavy atom. The number of aromatic amines is 1. The molecular weight excluding hydrogens is 321 g/mol. The van der Waals surface area contributed by atoms with E-state index in [1.165, 1.54) is 0 Å². The fourth-order valence-corrected chi connectivity index (χ4v) is 3.02. The van der Waals surface area contributed by atoms with Crippen molar-refractivity contribution in [3.8, 4) is 22.8 Å². The maximum Gasteiger partial charge on any atom is 0.120 e.